The van der Waals surface area contributed by atoms with E-state index in [0.29, 0.717) is 6.04 Å². The first kappa shape index (κ1) is 14.8. The molecule has 2 N–H and O–H groups in total. The zero-order valence-corrected chi connectivity index (χ0v) is 12.5. The molecule has 0 bridgehead atoms. The van der Waals surface area contributed by atoms with Crippen molar-refractivity contribution in [2.24, 2.45) is 0 Å². The van der Waals surface area contributed by atoms with Crippen molar-refractivity contribution in [1.82, 2.24) is 15.3 Å². The second-order valence-corrected chi connectivity index (χ2v) is 5.35. The van der Waals surface area contributed by atoms with Crippen LogP contribution in [-0.2, 0) is 12.8 Å². The molecule has 0 saturated heterocycles. The second kappa shape index (κ2) is 7.85. The van der Waals surface area contributed by atoms with E-state index in [1.807, 2.05) is 6.20 Å². The fourth-order valence-corrected chi connectivity index (χ4v) is 2.32. The van der Waals surface area contributed by atoms with Gasteiger partial charge >= 0.3 is 0 Å². The lowest BCUT2D eigenvalue weighted by Gasteiger charge is -2.14. The molecule has 0 amide bonds. The van der Waals surface area contributed by atoms with Crippen molar-refractivity contribution in [3.63, 3.8) is 0 Å². The lowest BCUT2D eigenvalue weighted by molar-refractivity contribution is 0.574. The summed E-state index contributed by atoms with van der Waals surface area (Å²) in [7, 11) is 0. The molecule has 108 valence electrons. The van der Waals surface area contributed by atoms with Gasteiger partial charge in [-0.05, 0) is 30.9 Å². The number of aryl methyl sites for hydroxylation is 1. The summed E-state index contributed by atoms with van der Waals surface area (Å²) in [6.45, 7) is 5.41. The first-order chi connectivity index (χ1) is 9.79. The van der Waals surface area contributed by atoms with Crippen LogP contribution in [0.2, 0.25) is 0 Å². The minimum atomic E-state index is 0.387. The molecule has 0 aliphatic carbocycles. The van der Waals surface area contributed by atoms with Crippen molar-refractivity contribution in [2.75, 3.05) is 6.54 Å². The van der Waals surface area contributed by atoms with Gasteiger partial charge in [0.05, 0.1) is 6.33 Å². The first-order valence-corrected chi connectivity index (χ1v) is 7.59. The van der Waals surface area contributed by atoms with Gasteiger partial charge in [0.15, 0.2) is 0 Å². The Morgan fingerprint density at radius 2 is 2.00 bits per heavy atom. The largest absolute Gasteiger partial charge is 0.348 e. The van der Waals surface area contributed by atoms with Crippen LogP contribution in [0.4, 0.5) is 0 Å². The monoisotopic (exact) mass is 271 g/mol. The van der Waals surface area contributed by atoms with Gasteiger partial charge in [-0.25, -0.2) is 4.98 Å². The van der Waals surface area contributed by atoms with Crippen molar-refractivity contribution >= 4 is 0 Å². The topological polar surface area (TPSA) is 40.7 Å². The number of benzene rings is 1. The molecule has 1 heterocycles. The van der Waals surface area contributed by atoms with E-state index in [0.717, 1.165) is 13.0 Å². The Bertz CT molecular complexity index is 473. The third-order valence-corrected chi connectivity index (χ3v) is 3.70. The highest BCUT2D eigenvalue weighted by Crippen LogP contribution is 2.14. The number of rotatable bonds is 8. The van der Waals surface area contributed by atoms with Crippen LogP contribution in [0, 0.1) is 0 Å². The predicted molar refractivity (Wildman–Crippen MR) is 83.8 cm³/mol. The fraction of sp³-hybridized carbons (Fsp3) is 0.471. The van der Waals surface area contributed by atoms with Crippen LogP contribution in [-0.4, -0.2) is 16.5 Å². The maximum absolute atomic E-state index is 4.03. The lowest BCUT2D eigenvalue weighted by Crippen LogP contribution is -2.21. The molecule has 3 nitrogen and oxygen atoms in total. The van der Waals surface area contributed by atoms with Crippen molar-refractivity contribution in [3.05, 3.63) is 53.6 Å². The summed E-state index contributed by atoms with van der Waals surface area (Å²) in [6.07, 6.45) is 8.32. The molecule has 20 heavy (non-hydrogen) atoms. The van der Waals surface area contributed by atoms with Crippen molar-refractivity contribution < 1.29 is 0 Å². The Labute approximate surface area is 121 Å². The molecule has 1 aromatic heterocycles. The number of hydrogen-bond acceptors (Lipinski definition) is 2. The van der Waals surface area contributed by atoms with E-state index in [9.17, 15) is 0 Å². The van der Waals surface area contributed by atoms with E-state index in [4.69, 9.17) is 0 Å². The number of aromatic nitrogens is 2. The Hall–Kier alpha value is -1.61. The third kappa shape index (κ3) is 4.49. The normalized spacial score (nSPS) is 12.5. The van der Waals surface area contributed by atoms with Gasteiger partial charge in [-0.2, -0.15) is 0 Å². The summed E-state index contributed by atoms with van der Waals surface area (Å²) >= 11 is 0. The SMILES string of the molecule is CCCCc1ccc(C(C)NCCc2cnc[nH]2)cc1. The number of H-pyrrole nitrogens is 1. The molecule has 2 aromatic rings. The number of nitrogens with one attached hydrogen (secondary N) is 2. The standard InChI is InChI=1S/C17H25N3/c1-3-4-5-15-6-8-16(9-7-15)14(2)19-11-10-17-12-18-13-20-17/h6-9,12-14,19H,3-5,10-11H2,1-2H3,(H,18,20). The predicted octanol–water partition coefficient (Wildman–Crippen LogP) is 3.65. The molecule has 0 aliphatic heterocycles. The Morgan fingerprint density at radius 3 is 2.65 bits per heavy atom. The van der Waals surface area contributed by atoms with E-state index in [1.54, 1.807) is 6.33 Å². The quantitative estimate of drug-likeness (QED) is 0.769. The molecule has 3 heteroatoms. The molecule has 1 aromatic carbocycles. The maximum Gasteiger partial charge on any atom is 0.0921 e. The minimum Gasteiger partial charge on any atom is -0.348 e. The summed E-state index contributed by atoms with van der Waals surface area (Å²) in [5.41, 5.74) is 3.98. The fourth-order valence-electron chi connectivity index (χ4n) is 2.32. The summed E-state index contributed by atoms with van der Waals surface area (Å²) in [6, 6.07) is 9.41. The number of unbranched alkanes of at least 4 members (excludes halogenated alkanes) is 1. The van der Waals surface area contributed by atoms with Gasteiger partial charge in [0, 0.05) is 30.9 Å². The Kier molecular flexibility index (Phi) is 5.81. The summed E-state index contributed by atoms with van der Waals surface area (Å²) < 4.78 is 0. The van der Waals surface area contributed by atoms with Gasteiger partial charge in [-0.1, -0.05) is 37.6 Å². The zero-order chi connectivity index (χ0) is 14.2. The van der Waals surface area contributed by atoms with E-state index >= 15 is 0 Å². The van der Waals surface area contributed by atoms with Crippen LogP contribution in [0.1, 0.15) is 49.6 Å². The first-order valence-electron chi connectivity index (χ1n) is 7.59. The molecule has 0 aliphatic rings. The minimum absolute atomic E-state index is 0.387. The molecule has 1 unspecified atom stereocenters. The van der Waals surface area contributed by atoms with Crippen molar-refractivity contribution in [3.8, 4) is 0 Å². The van der Waals surface area contributed by atoms with Crippen molar-refractivity contribution in [2.45, 2.75) is 45.6 Å². The van der Waals surface area contributed by atoms with Crippen LogP contribution >= 0.6 is 0 Å². The van der Waals surface area contributed by atoms with Gasteiger partial charge < -0.3 is 10.3 Å². The highest BCUT2D eigenvalue weighted by atomic mass is 14.9. The molecule has 0 radical (unpaired) electrons. The van der Waals surface area contributed by atoms with Gasteiger partial charge in [-0.15, -0.1) is 0 Å². The van der Waals surface area contributed by atoms with Gasteiger partial charge in [-0.3, -0.25) is 0 Å². The van der Waals surface area contributed by atoms with Gasteiger partial charge in [0.2, 0.25) is 0 Å². The smallest absolute Gasteiger partial charge is 0.0921 e. The van der Waals surface area contributed by atoms with E-state index in [-0.39, 0.29) is 0 Å². The van der Waals surface area contributed by atoms with Crippen LogP contribution in [0.25, 0.3) is 0 Å². The van der Waals surface area contributed by atoms with E-state index < -0.39 is 0 Å². The molecule has 2 rings (SSSR count). The summed E-state index contributed by atoms with van der Waals surface area (Å²) in [5.74, 6) is 0. The number of nitrogens with zero attached hydrogens (tertiary/aromatic N) is 1. The highest BCUT2D eigenvalue weighted by molar-refractivity contribution is 5.24. The average Bonchev–Trinajstić information content (AvgIpc) is 2.99. The molecular weight excluding hydrogens is 246 g/mol. The number of hydrogen-bond donors (Lipinski definition) is 2. The Balaban J connectivity index is 1.78. The third-order valence-electron chi connectivity index (χ3n) is 3.70. The van der Waals surface area contributed by atoms with E-state index in [2.05, 4.69) is 53.4 Å². The van der Waals surface area contributed by atoms with Gasteiger partial charge in [0.25, 0.3) is 0 Å². The molecule has 0 fully saturated rings. The zero-order valence-electron chi connectivity index (χ0n) is 12.5. The van der Waals surface area contributed by atoms with Crippen molar-refractivity contribution in [1.29, 1.82) is 0 Å². The Morgan fingerprint density at radius 1 is 1.20 bits per heavy atom. The second-order valence-electron chi connectivity index (χ2n) is 5.35. The van der Waals surface area contributed by atoms with Crippen LogP contribution in [0.3, 0.4) is 0 Å². The summed E-state index contributed by atoms with van der Waals surface area (Å²) in [5, 5.41) is 3.55. The average molecular weight is 271 g/mol. The number of aromatic amines is 1. The van der Waals surface area contributed by atoms with Crippen LogP contribution in [0.15, 0.2) is 36.8 Å². The highest BCUT2D eigenvalue weighted by Gasteiger charge is 2.04. The maximum atomic E-state index is 4.03. The molecule has 1 atom stereocenters. The van der Waals surface area contributed by atoms with Crippen LogP contribution in [0.5, 0.6) is 0 Å². The van der Waals surface area contributed by atoms with E-state index in [1.165, 1.54) is 36.1 Å². The van der Waals surface area contributed by atoms with Gasteiger partial charge in [0.1, 0.15) is 0 Å². The summed E-state index contributed by atoms with van der Waals surface area (Å²) in [4.78, 5) is 7.16. The van der Waals surface area contributed by atoms with Crippen LogP contribution < -0.4 is 5.32 Å². The lowest BCUT2D eigenvalue weighted by atomic mass is 10.0. The molecule has 0 spiro atoms. The molecular formula is C17H25N3. The molecule has 0 saturated carbocycles. The number of imidazole rings is 1.